The molecule has 0 unspecified atom stereocenters. The molecule has 2 rings (SSSR count). The number of nitrogens with one attached hydrogen (secondary N) is 1. The van der Waals surface area contributed by atoms with Crippen LogP contribution in [-0.2, 0) is 6.54 Å². The van der Waals surface area contributed by atoms with Crippen molar-refractivity contribution >= 4 is 17.6 Å². The molecule has 0 radical (unpaired) electrons. The number of thioether (sulfide) groups is 1. The summed E-state index contributed by atoms with van der Waals surface area (Å²) in [6, 6.07) is 4.62. The maximum absolute atomic E-state index is 13.4. The highest BCUT2D eigenvalue weighted by atomic mass is 32.2. The predicted molar refractivity (Wildman–Crippen MR) is 70.0 cm³/mol. The Morgan fingerprint density at radius 3 is 2.71 bits per heavy atom. The molecule has 1 saturated heterocycles. The van der Waals surface area contributed by atoms with E-state index in [-0.39, 0.29) is 11.7 Å². The molecule has 1 aliphatic heterocycles. The molecule has 1 aromatic rings. The Bertz CT molecular complexity index is 416. The third-order valence-corrected chi connectivity index (χ3v) is 3.72. The minimum absolute atomic E-state index is 0.0834. The third kappa shape index (κ3) is 3.44. The lowest BCUT2D eigenvalue weighted by Crippen LogP contribution is -2.32. The molecule has 0 atom stereocenters. The number of nitrogens with zero attached hydrogens (tertiary/aromatic N) is 1. The predicted octanol–water partition coefficient (Wildman–Crippen LogP) is 1.66. The third-order valence-electron chi connectivity index (χ3n) is 2.78. The van der Waals surface area contributed by atoms with Gasteiger partial charge in [0.15, 0.2) is 0 Å². The summed E-state index contributed by atoms with van der Waals surface area (Å²) in [6.07, 6.45) is 0. The molecular weight excluding hydrogens is 237 g/mol. The normalized spacial score (nSPS) is 17.0. The first kappa shape index (κ1) is 12.4. The summed E-state index contributed by atoms with van der Waals surface area (Å²) in [5.41, 5.74) is 6.74. The molecular formula is C12H16FN3S. The van der Waals surface area contributed by atoms with Crippen LogP contribution in [0.5, 0.6) is 0 Å². The number of benzene rings is 1. The molecule has 0 saturated carbocycles. The van der Waals surface area contributed by atoms with Gasteiger partial charge in [0.05, 0.1) is 0 Å². The van der Waals surface area contributed by atoms with E-state index >= 15 is 0 Å². The fourth-order valence-electron chi connectivity index (χ4n) is 1.91. The highest BCUT2D eigenvalue weighted by molar-refractivity contribution is 7.99. The van der Waals surface area contributed by atoms with E-state index in [1.165, 1.54) is 12.1 Å². The second kappa shape index (κ2) is 5.51. The van der Waals surface area contributed by atoms with Crippen LogP contribution in [0.4, 0.5) is 4.39 Å². The SMILES string of the molecule is N=C(N)c1cc(F)cc(CN2CCSCC2)c1. The minimum atomic E-state index is -0.320. The Labute approximate surface area is 105 Å². The maximum atomic E-state index is 13.4. The second-order valence-corrected chi connectivity index (χ2v) is 5.38. The molecule has 5 heteroatoms. The summed E-state index contributed by atoms with van der Waals surface area (Å²) in [4.78, 5) is 2.30. The summed E-state index contributed by atoms with van der Waals surface area (Å²) < 4.78 is 13.4. The van der Waals surface area contributed by atoms with Crippen molar-refractivity contribution in [3.63, 3.8) is 0 Å². The topological polar surface area (TPSA) is 53.1 Å². The summed E-state index contributed by atoms with van der Waals surface area (Å²) in [6.45, 7) is 2.81. The minimum Gasteiger partial charge on any atom is -0.384 e. The Hall–Kier alpha value is -1.07. The summed E-state index contributed by atoms with van der Waals surface area (Å²) in [5.74, 6) is 1.86. The highest BCUT2D eigenvalue weighted by Gasteiger charge is 2.12. The number of rotatable bonds is 3. The smallest absolute Gasteiger partial charge is 0.124 e. The van der Waals surface area contributed by atoms with Gasteiger partial charge in [-0.3, -0.25) is 10.3 Å². The zero-order valence-electron chi connectivity index (χ0n) is 9.58. The van der Waals surface area contributed by atoms with Gasteiger partial charge in [-0.05, 0) is 23.8 Å². The van der Waals surface area contributed by atoms with Crippen molar-refractivity contribution in [2.45, 2.75) is 6.54 Å². The molecule has 1 heterocycles. The quantitative estimate of drug-likeness (QED) is 0.636. The lowest BCUT2D eigenvalue weighted by Gasteiger charge is -2.26. The first-order chi connectivity index (χ1) is 8.15. The number of nitrogens with two attached hydrogens (primary N) is 1. The van der Waals surface area contributed by atoms with Crippen molar-refractivity contribution in [3.05, 3.63) is 35.1 Å². The van der Waals surface area contributed by atoms with E-state index in [0.29, 0.717) is 5.56 Å². The maximum Gasteiger partial charge on any atom is 0.124 e. The molecule has 0 aromatic heterocycles. The average Bonchev–Trinajstić information content (AvgIpc) is 2.29. The van der Waals surface area contributed by atoms with E-state index in [1.54, 1.807) is 6.07 Å². The fourth-order valence-corrected chi connectivity index (χ4v) is 2.89. The van der Waals surface area contributed by atoms with Gasteiger partial charge in [-0.2, -0.15) is 11.8 Å². The van der Waals surface area contributed by atoms with Crippen molar-refractivity contribution < 1.29 is 4.39 Å². The number of halogens is 1. The van der Waals surface area contributed by atoms with Crippen LogP contribution in [0, 0.1) is 11.2 Å². The van der Waals surface area contributed by atoms with Gasteiger partial charge in [0.1, 0.15) is 11.7 Å². The van der Waals surface area contributed by atoms with Crippen LogP contribution in [0.3, 0.4) is 0 Å². The molecule has 1 aliphatic rings. The van der Waals surface area contributed by atoms with Gasteiger partial charge in [-0.15, -0.1) is 0 Å². The van der Waals surface area contributed by atoms with E-state index in [4.69, 9.17) is 11.1 Å². The van der Waals surface area contributed by atoms with E-state index in [2.05, 4.69) is 4.90 Å². The lowest BCUT2D eigenvalue weighted by molar-refractivity contribution is 0.294. The van der Waals surface area contributed by atoms with Gasteiger partial charge in [0.25, 0.3) is 0 Å². The van der Waals surface area contributed by atoms with Gasteiger partial charge >= 0.3 is 0 Å². The molecule has 3 nitrogen and oxygen atoms in total. The van der Waals surface area contributed by atoms with Crippen molar-refractivity contribution in [1.29, 1.82) is 5.41 Å². The van der Waals surface area contributed by atoms with Crippen LogP contribution < -0.4 is 5.73 Å². The molecule has 0 aliphatic carbocycles. The first-order valence-electron chi connectivity index (χ1n) is 5.59. The Morgan fingerprint density at radius 1 is 1.35 bits per heavy atom. The van der Waals surface area contributed by atoms with E-state index in [0.717, 1.165) is 36.7 Å². The van der Waals surface area contributed by atoms with Gasteiger partial charge in [-0.25, -0.2) is 4.39 Å². The monoisotopic (exact) mass is 253 g/mol. The largest absolute Gasteiger partial charge is 0.384 e. The van der Waals surface area contributed by atoms with Crippen molar-refractivity contribution in [2.75, 3.05) is 24.6 Å². The summed E-state index contributed by atoms with van der Waals surface area (Å²) in [7, 11) is 0. The zero-order chi connectivity index (χ0) is 12.3. The molecule has 0 spiro atoms. The number of amidine groups is 1. The molecule has 92 valence electrons. The Balaban J connectivity index is 2.11. The van der Waals surface area contributed by atoms with Gasteiger partial charge in [0, 0.05) is 36.7 Å². The van der Waals surface area contributed by atoms with E-state index in [9.17, 15) is 4.39 Å². The van der Waals surface area contributed by atoms with Crippen LogP contribution in [0.2, 0.25) is 0 Å². The average molecular weight is 253 g/mol. The number of hydrogen-bond acceptors (Lipinski definition) is 3. The fraction of sp³-hybridized carbons (Fsp3) is 0.417. The van der Waals surface area contributed by atoms with Gasteiger partial charge in [-0.1, -0.05) is 0 Å². The first-order valence-corrected chi connectivity index (χ1v) is 6.74. The van der Waals surface area contributed by atoms with E-state index in [1.807, 2.05) is 11.8 Å². The molecule has 17 heavy (non-hydrogen) atoms. The van der Waals surface area contributed by atoms with Crippen molar-refractivity contribution in [2.24, 2.45) is 5.73 Å². The van der Waals surface area contributed by atoms with Crippen LogP contribution in [0.1, 0.15) is 11.1 Å². The number of nitrogen functional groups attached to an aromatic ring is 1. The molecule has 0 amide bonds. The summed E-state index contributed by atoms with van der Waals surface area (Å²) >= 11 is 1.95. The highest BCUT2D eigenvalue weighted by Crippen LogP contribution is 2.15. The van der Waals surface area contributed by atoms with Crippen LogP contribution in [-0.4, -0.2) is 35.3 Å². The van der Waals surface area contributed by atoms with Crippen LogP contribution >= 0.6 is 11.8 Å². The Morgan fingerprint density at radius 2 is 2.06 bits per heavy atom. The van der Waals surface area contributed by atoms with Crippen molar-refractivity contribution in [1.82, 2.24) is 4.90 Å². The molecule has 3 N–H and O–H groups in total. The molecule has 1 fully saturated rings. The zero-order valence-corrected chi connectivity index (χ0v) is 10.4. The van der Waals surface area contributed by atoms with Crippen LogP contribution in [0.15, 0.2) is 18.2 Å². The molecule has 0 bridgehead atoms. The number of hydrogen-bond donors (Lipinski definition) is 2. The van der Waals surface area contributed by atoms with Crippen molar-refractivity contribution in [3.8, 4) is 0 Å². The second-order valence-electron chi connectivity index (χ2n) is 4.15. The van der Waals surface area contributed by atoms with Crippen LogP contribution in [0.25, 0.3) is 0 Å². The summed E-state index contributed by atoms with van der Waals surface area (Å²) in [5, 5.41) is 7.34. The Kier molecular flexibility index (Phi) is 4.02. The molecule has 1 aromatic carbocycles. The van der Waals surface area contributed by atoms with E-state index < -0.39 is 0 Å². The van der Waals surface area contributed by atoms with Gasteiger partial charge in [0.2, 0.25) is 0 Å². The lowest BCUT2D eigenvalue weighted by atomic mass is 10.1. The van der Waals surface area contributed by atoms with Gasteiger partial charge < -0.3 is 5.73 Å². The standard InChI is InChI=1S/C12H16FN3S/c13-11-6-9(5-10(7-11)12(14)15)8-16-1-3-17-4-2-16/h5-7H,1-4,8H2,(H3,14,15).